The number of piperidine rings is 1. The molecular formula is C20H27FN6O. The topological polar surface area (TPSA) is 101 Å². The van der Waals surface area contributed by atoms with E-state index < -0.39 is 11.6 Å². The summed E-state index contributed by atoms with van der Waals surface area (Å²) in [4.78, 5) is 18.9. The van der Waals surface area contributed by atoms with E-state index in [4.69, 9.17) is 11.6 Å². The molecule has 1 fully saturated rings. The van der Waals surface area contributed by atoms with Gasteiger partial charge < -0.3 is 21.0 Å². The Morgan fingerprint density at radius 2 is 2.07 bits per heavy atom. The van der Waals surface area contributed by atoms with Gasteiger partial charge in [-0.3, -0.25) is 4.79 Å². The van der Waals surface area contributed by atoms with Gasteiger partial charge in [-0.2, -0.15) is 0 Å². The number of aromatic nitrogens is 1. The molecule has 0 spiro atoms. The molecule has 150 valence electrons. The number of hydrogen-bond donors (Lipinski definition) is 3. The number of nitrogens with two attached hydrogens (primary N) is 2. The van der Waals surface area contributed by atoms with Crippen molar-refractivity contribution >= 4 is 28.2 Å². The molecule has 7 nitrogen and oxygen atoms in total. The number of hydrogen-bond acceptors (Lipinski definition) is 6. The van der Waals surface area contributed by atoms with E-state index in [1.54, 1.807) is 25.5 Å². The van der Waals surface area contributed by atoms with Gasteiger partial charge in [0.2, 0.25) is 0 Å². The third-order valence-corrected chi connectivity index (χ3v) is 5.14. The van der Waals surface area contributed by atoms with Gasteiger partial charge in [0.25, 0.3) is 5.91 Å². The van der Waals surface area contributed by atoms with E-state index in [1.807, 2.05) is 25.1 Å². The van der Waals surface area contributed by atoms with Crippen LogP contribution in [0.2, 0.25) is 0 Å². The zero-order chi connectivity index (χ0) is 20.3. The zero-order valence-corrected chi connectivity index (χ0v) is 16.3. The van der Waals surface area contributed by atoms with E-state index >= 15 is 4.39 Å². The number of nitrogens with zero attached hydrogens (tertiary/aromatic N) is 3. The van der Waals surface area contributed by atoms with Crippen molar-refractivity contribution in [3.63, 3.8) is 0 Å². The molecule has 0 saturated carbocycles. The Balaban J connectivity index is 1.79. The van der Waals surface area contributed by atoms with Crippen LogP contribution in [0.1, 0.15) is 25.3 Å². The third-order valence-electron chi connectivity index (χ3n) is 5.14. The maximum absolute atomic E-state index is 15.1. The monoisotopic (exact) mass is 386 g/mol. The number of alkyl halides is 1. The first-order valence-electron chi connectivity index (χ1n) is 9.38. The van der Waals surface area contributed by atoms with E-state index in [0.29, 0.717) is 24.6 Å². The summed E-state index contributed by atoms with van der Waals surface area (Å²) in [6, 6.07) is 7.36. The fourth-order valence-corrected chi connectivity index (χ4v) is 3.36. The fraction of sp³-hybridized carbons (Fsp3) is 0.400. The van der Waals surface area contributed by atoms with Crippen LogP contribution in [0.4, 0.5) is 10.2 Å². The minimum atomic E-state index is -1.86. The zero-order valence-electron chi connectivity index (χ0n) is 16.3. The Hall–Kier alpha value is -2.71. The molecule has 0 unspecified atom stereocenters. The summed E-state index contributed by atoms with van der Waals surface area (Å²) in [5.41, 5.74) is 5.49. The molecule has 8 heteroatoms. The predicted octanol–water partition coefficient (Wildman–Crippen LogP) is 2.06. The van der Waals surface area contributed by atoms with Crippen LogP contribution in [-0.2, 0) is 4.79 Å². The predicted molar refractivity (Wildman–Crippen MR) is 110 cm³/mol. The second kappa shape index (κ2) is 8.12. The quantitative estimate of drug-likeness (QED) is 0.537. The Morgan fingerprint density at radius 1 is 1.36 bits per heavy atom. The molecule has 1 amide bonds. The van der Waals surface area contributed by atoms with Crippen LogP contribution < -0.4 is 16.9 Å². The van der Waals surface area contributed by atoms with Gasteiger partial charge in [-0.1, -0.05) is 19.1 Å². The molecule has 1 aromatic heterocycles. The van der Waals surface area contributed by atoms with Gasteiger partial charge in [0, 0.05) is 50.8 Å². The molecule has 0 aliphatic carbocycles. The number of nitrogens with one attached hydrogen (secondary N) is 1. The highest BCUT2D eigenvalue weighted by Gasteiger charge is 2.41. The number of rotatable bonds is 5. The Kier molecular flexibility index (Phi) is 5.81. The van der Waals surface area contributed by atoms with Gasteiger partial charge in [-0.05, 0) is 29.6 Å². The van der Waals surface area contributed by atoms with Crippen molar-refractivity contribution in [2.45, 2.75) is 25.4 Å². The van der Waals surface area contributed by atoms with Crippen molar-refractivity contribution in [3.8, 4) is 0 Å². The number of hydrazine groups is 1. The molecule has 1 aliphatic heterocycles. The van der Waals surface area contributed by atoms with Gasteiger partial charge in [-0.15, -0.1) is 0 Å². The number of pyridine rings is 1. The Morgan fingerprint density at radius 3 is 2.71 bits per heavy atom. The molecule has 1 aliphatic rings. The lowest BCUT2D eigenvalue weighted by molar-refractivity contribution is -0.130. The molecule has 2 heterocycles. The van der Waals surface area contributed by atoms with Crippen molar-refractivity contribution in [2.75, 3.05) is 32.0 Å². The largest absolute Gasteiger partial charge is 0.397 e. The first kappa shape index (κ1) is 20.0. The third kappa shape index (κ3) is 4.40. The lowest BCUT2D eigenvalue weighted by Crippen LogP contribution is -2.48. The van der Waals surface area contributed by atoms with Crippen LogP contribution in [0.5, 0.6) is 0 Å². The molecule has 0 radical (unpaired) electrons. The molecule has 1 aromatic carbocycles. The Bertz CT molecular complexity index is 889. The molecule has 2 aromatic rings. The highest BCUT2D eigenvalue weighted by Crippen LogP contribution is 2.28. The van der Waals surface area contributed by atoms with Gasteiger partial charge in [-0.25, -0.2) is 15.2 Å². The lowest BCUT2D eigenvalue weighted by Gasteiger charge is -2.34. The highest BCUT2D eigenvalue weighted by molar-refractivity contribution is 5.98. The van der Waals surface area contributed by atoms with E-state index in [9.17, 15) is 4.79 Å². The van der Waals surface area contributed by atoms with E-state index in [-0.39, 0.29) is 12.8 Å². The average Bonchev–Trinajstić information content (AvgIpc) is 2.67. The van der Waals surface area contributed by atoms with Gasteiger partial charge in [0.15, 0.2) is 5.67 Å². The number of anilines is 1. The van der Waals surface area contributed by atoms with Crippen molar-refractivity contribution < 1.29 is 9.18 Å². The van der Waals surface area contributed by atoms with Crippen LogP contribution in [0.25, 0.3) is 16.5 Å². The normalized spacial score (nSPS) is 17.5. The number of carbonyl (C=O) groups excluding carboxylic acids is 1. The molecule has 28 heavy (non-hydrogen) atoms. The van der Waals surface area contributed by atoms with Crippen molar-refractivity contribution in [1.82, 2.24) is 14.9 Å². The Labute approximate surface area is 164 Å². The maximum Gasteiger partial charge on any atom is 0.263 e. The number of carbonyl (C=O) groups is 1. The number of benzene rings is 1. The summed E-state index contributed by atoms with van der Waals surface area (Å²) in [7, 11) is 1.68. The summed E-state index contributed by atoms with van der Waals surface area (Å²) >= 11 is 0. The van der Waals surface area contributed by atoms with Crippen LogP contribution in [0, 0.1) is 0 Å². The van der Waals surface area contributed by atoms with E-state index in [2.05, 4.69) is 15.2 Å². The summed E-state index contributed by atoms with van der Waals surface area (Å²) in [5, 5.41) is 5.75. The summed E-state index contributed by atoms with van der Waals surface area (Å²) < 4.78 is 15.1. The van der Waals surface area contributed by atoms with Crippen LogP contribution in [-0.4, -0.2) is 53.2 Å². The molecular weight excluding hydrogens is 359 g/mol. The number of halogens is 1. The standard InChI is InChI=1S/C20H27FN6O/c1-3-27-8-6-20(21,7-9-27)19(28)25-18-11-16-10-14(17(22)13-26(2)23)4-5-15(16)12-24-18/h4-5,10-13H,3,6-9,22-23H2,1-2H3,(H,24,25,28)/b17-13-. The number of amides is 1. The van der Waals surface area contributed by atoms with E-state index in [0.717, 1.165) is 22.9 Å². The van der Waals surface area contributed by atoms with E-state index in [1.165, 1.54) is 5.01 Å². The summed E-state index contributed by atoms with van der Waals surface area (Å²) in [5.74, 6) is 5.30. The maximum atomic E-state index is 15.1. The van der Waals surface area contributed by atoms with Crippen molar-refractivity contribution in [2.24, 2.45) is 11.6 Å². The minimum Gasteiger partial charge on any atom is -0.397 e. The second-order valence-corrected chi connectivity index (χ2v) is 7.24. The first-order valence-corrected chi connectivity index (χ1v) is 9.38. The first-order chi connectivity index (χ1) is 13.3. The van der Waals surface area contributed by atoms with Crippen molar-refractivity contribution in [3.05, 3.63) is 42.2 Å². The number of fused-ring (bicyclic) bond motifs is 1. The van der Waals surface area contributed by atoms with Gasteiger partial charge in [0.05, 0.1) is 5.70 Å². The molecule has 0 atom stereocenters. The SMILES string of the molecule is CCN1CCC(F)(C(=O)Nc2cc3cc(/C(N)=C/N(C)N)ccc3cn2)CC1. The summed E-state index contributed by atoms with van der Waals surface area (Å²) in [6.07, 6.45) is 3.64. The second-order valence-electron chi connectivity index (χ2n) is 7.24. The number of likely N-dealkylation sites (tertiary alicyclic amines) is 1. The van der Waals surface area contributed by atoms with Crippen LogP contribution in [0.3, 0.4) is 0 Å². The summed E-state index contributed by atoms with van der Waals surface area (Å²) in [6.45, 7) is 4.06. The van der Waals surface area contributed by atoms with Crippen molar-refractivity contribution in [1.29, 1.82) is 0 Å². The molecule has 3 rings (SSSR count). The van der Waals surface area contributed by atoms with Crippen LogP contribution in [0.15, 0.2) is 36.7 Å². The fourth-order valence-electron chi connectivity index (χ4n) is 3.36. The average molecular weight is 386 g/mol. The molecule has 1 saturated heterocycles. The van der Waals surface area contributed by atoms with Gasteiger partial charge >= 0.3 is 0 Å². The smallest absolute Gasteiger partial charge is 0.263 e. The molecule has 0 bridgehead atoms. The minimum absolute atomic E-state index is 0.193. The lowest BCUT2D eigenvalue weighted by atomic mass is 9.92. The highest BCUT2D eigenvalue weighted by atomic mass is 19.1. The van der Waals surface area contributed by atoms with Gasteiger partial charge in [0.1, 0.15) is 5.82 Å². The molecule has 5 N–H and O–H groups in total. The van der Waals surface area contributed by atoms with Crippen LogP contribution >= 0.6 is 0 Å².